The van der Waals surface area contributed by atoms with E-state index in [4.69, 9.17) is 0 Å². The first-order valence-corrected chi connectivity index (χ1v) is 6.72. The first-order chi connectivity index (χ1) is 10.8. The van der Waals surface area contributed by atoms with Crippen LogP contribution in [0.1, 0.15) is 20.8 Å². The van der Waals surface area contributed by atoms with E-state index in [0.717, 1.165) is 4.57 Å². The summed E-state index contributed by atoms with van der Waals surface area (Å²) in [7, 11) is 0. The molecular formula is C13H16N6O4. The summed E-state index contributed by atoms with van der Waals surface area (Å²) in [6.45, 7) is 4.86. The molecule has 0 atom stereocenters. The fourth-order valence-corrected chi connectivity index (χ4v) is 1.66. The van der Waals surface area contributed by atoms with Crippen molar-refractivity contribution in [2.24, 2.45) is 0 Å². The van der Waals surface area contributed by atoms with Crippen LogP contribution in [0.3, 0.4) is 0 Å². The lowest BCUT2D eigenvalue weighted by Gasteiger charge is -2.20. The van der Waals surface area contributed by atoms with Crippen molar-refractivity contribution >= 4 is 11.9 Å². The third kappa shape index (κ3) is 4.46. The van der Waals surface area contributed by atoms with Gasteiger partial charge in [0.2, 0.25) is 11.7 Å². The van der Waals surface area contributed by atoms with Crippen LogP contribution in [-0.4, -0.2) is 37.2 Å². The Bertz CT molecular complexity index is 759. The summed E-state index contributed by atoms with van der Waals surface area (Å²) in [4.78, 5) is 43.1. The van der Waals surface area contributed by atoms with Crippen LogP contribution in [0.4, 0.5) is 4.79 Å². The molecule has 0 aliphatic carbocycles. The highest BCUT2D eigenvalue weighted by Gasteiger charge is 2.20. The van der Waals surface area contributed by atoms with Gasteiger partial charge in [0.1, 0.15) is 6.54 Å². The highest BCUT2D eigenvalue weighted by molar-refractivity contribution is 5.94. The minimum Gasteiger partial charge on any atom is -0.333 e. The van der Waals surface area contributed by atoms with Crippen LogP contribution >= 0.6 is 0 Å². The van der Waals surface area contributed by atoms with Gasteiger partial charge in [-0.05, 0) is 26.8 Å². The Balaban J connectivity index is 2.12. The second-order valence-electron chi connectivity index (χ2n) is 5.68. The first-order valence-electron chi connectivity index (χ1n) is 6.72. The fraction of sp³-hybridized carbons (Fsp3) is 0.385. The lowest BCUT2D eigenvalue weighted by Crippen LogP contribution is -2.49. The van der Waals surface area contributed by atoms with E-state index in [9.17, 15) is 14.4 Å². The summed E-state index contributed by atoms with van der Waals surface area (Å²) in [6, 6.07) is 0.930. The summed E-state index contributed by atoms with van der Waals surface area (Å²) in [5.41, 5.74) is -0.499. The van der Waals surface area contributed by atoms with Crippen molar-refractivity contribution in [1.82, 2.24) is 30.3 Å². The highest BCUT2D eigenvalue weighted by atomic mass is 16.5. The van der Waals surface area contributed by atoms with Gasteiger partial charge in [-0.2, -0.15) is 0 Å². The molecule has 3 amide bonds. The predicted molar refractivity (Wildman–Crippen MR) is 78.2 cm³/mol. The molecule has 2 aromatic rings. The van der Waals surface area contributed by atoms with Crippen LogP contribution in [0, 0.1) is 0 Å². The topological polar surface area (TPSA) is 132 Å². The average Bonchev–Trinajstić information content (AvgIpc) is 2.79. The summed E-state index contributed by atoms with van der Waals surface area (Å²) in [5.74, 6) is -1.42. The van der Waals surface area contributed by atoms with Crippen LogP contribution in [0.5, 0.6) is 0 Å². The second-order valence-corrected chi connectivity index (χ2v) is 5.68. The van der Waals surface area contributed by atoms with Crippen molar-refractivity contribution < 1.29 is 14.1 Å². The number of nitrogens with zero attached hydrogens (tertiary/aromatic N) is 4. The molecular weight excluding hydrogens is 304 g/mol. The van der Waals surface area contributed by atoms with E-state index >= 15 is 0 Å². The smallest absolute Gasteiger partial charge is 0.333 e. The molecule has 0 saturated heterocycles. The number of amides is 3. The molecule has 2 N–H and O–H groups in total. The van der Waals surface area contributed by atoms with E-state index in [1.54, 1.807) is 26.8 Å². The summed E-state index contributed by atoms with van der Waals surface area (Å²) >= 11 is 0. The van der Waals surface area contributed by atoms with Crippen molar-refractivity contribution in [2.45, 2.75) is 32.9 Å². The Morgan fingerprint density at radius 3 is 2.52 bits per heavy atom. The van der Waals surface area contributed by atoms with Crippen molar-refractivity contribution in [3.05, 3.63) is 29.0 Å². The van der Waals surface area contributed by atoms with Crippen LogP contribution in [0.25, 0.3) is 11.6 Å². The quantitative estimate of drug-likeness (QED) is 0.808. The third-order valence-corrected chi connectivity index (χ3v) is 2.50. The number of hydrogen-bond acceptors (Lipinski definition) is 7. The van der Waals surface area contributed by atoms with Crippen LogP contribution in [-0.2, 0) is 11.3 Å². The Morgan fingerprint density at radius 1 is 1.26 bits per heavy atom. The molecule has 2 heterocycles. The normalized spacial score (nSPS) is 11.1. The molecule has 0 aliphatic heterocycles. The van der Waals surface area contributed by atoms with Gasteiger partial charge in [0.15, 0.2) is 5.82 Å². The zero-order valence-corrected chi connectivity index (χ0v) is 12.9. The number of nitrogens with one attached hydrogen (secondary N) is 2. The van der Waals surface area contributed by atoms with Gasteiger partial charge in [0, 0.05) is 17.9 Å². The molecule has 0 unspecified atom stereocenters. The van der Waals surface area contributed by atoms with Gasteiger partial charge in [-0.1, -0.05) is 5.16 Å². The molecule has 0 aliphatic rings. The number of hydrogen-bond donors (Lipinski definition) is 2. The van der Waals surface area contributed by atoms with Crippen molar-refractivity contribution in [3.8, 4) is 11.6 Å². The van der Waals surface area contributed by atoms with Gasteiger partial charge in [0.25, 0.3) is 0 Å². The number of carbonyl (C=O) groups is 2. The van der Waals surface area contributed by atoms with E-state index in [0.29, 0.717) is 0 Å². The maximum Gasteiger partial charge on any atom is 0.442 e. The Kier molecular flexibility index (Phi) is 4.53. The van der Waals surface area contributed by atoms with Crippen LogP contribution in [0.2, 0.25) is 0 Å². The number of urea groups is 1. The van der Waals surface area contributed by atoms with E-state index in [-0.39, 0.29) is 11.6 Å². The molecule has 10 heteroatoms. The van der Waals surface area contributed by atoms with E-state index in [2.05, 4.69) is 30.3 Å². The Morgan fingerprint density at radius 2 is 1.91 bits per heavy atom. The maximum atomic E-state index is 11.9. The monoisotopic (exact) mass is 320 g/mol. The summed E-state index contributed by atoms with van der Waals surface area (Å²) in [5, 5.41) is 8.24. The molecule has 2 aromatic heterocycles. The molecule has 10 nitrogen and oxygen atoms in total. The van der Waals surface area contributed by atoms with Gasteiger partial charge < -0.3 is 5.32 Å². The highest BCUT2D eigenvalue weighted by Crippen LogP contribution is 2.08. The summed E-state index contributed by atoms with van der Waals surface area (Å²) in [6.07, 6.45) is 2.92. The summed E-state index contributed by atoms with van der Waals surface area (Å²) < 4.78 is 5.47. The second kappa shape index (κ2) is 6.38. The molecule has 0 fully saturated rings. The molecule has 0 radical (unpaired) electrons. The number of rotatable bonds is 3. The average molecular weight is 320 g/mol. The van der Waals surface area contributed by atoms with Gasteiger partial charge in [0.05, 0.1) is 0 Å². The van der Waals surface area contributed by atoms with E-state index < -0.39 is 29.8 Å². The lowest BCUT2D eigenvalue weighted by atomic mass is 10.1. The van der Waals surface area contributed by atoms with E-state index in [1.165, 1.54) is 12.4 Å². The van der Waals surface area contributed by atoms with Crippen LogP contribution in [0.15, 0.2) is 27.8 Å². The van der Waals surface area contributed by atoms with Gasteiger partial charge in [-0.15, -0.1) is 0 Å². The molecule has 23 heavy (non-hydrogen) atoms. The SMILES string of the molecule is CC(C)(C)NC(=O)NC(=O)Cn1c(-c2ncccn2)noc1=O. The molecule has 2 rings (SSSR count). The van der Waals surface area contributed by atoms with Crippen molar-refractivity contribution in [3.63, 3.8) is 0 Å². The van der Waals surface area contributed by atoms with Gasteiger partial charge in [-0.3, -0.25) is 14.6 Å². The Labute approximate surface area is 130 Å². The fourth-order valence-electron chi connectivity index (χ4n) is 1.66. The predicted octanol–water partition coefficient (Wildman–Crippen LogP) is -0.0824. The van der Waals surface area contributed by atoms with Crippen molar-refractivity contribution in [2.75, 3.05) is 0 Å². The number of imide groups is 1. The standard InChI is InChI=1S/C13H16N6O4/c1-13(2,3)17-11(21)16-8(20)7-19-10(18-23-12(19)22)9-14-5-4-6-15-9/h4-6H,7H2,1-3H3,(H2,16,17,20,21). The third-order valence-electron chi connectivity index (χ3n) is 2.50. The molecule has 0 bridgehead atoms. The van der Waals surface area contributed by atoms with Gasteiger partial charge in [-0.25, -0.2) is 24.1 Å². The zero-order valence-electron chi connectivity index (χ0n) is 12.9. The minimum absolute atomic E-state index is 0.00183. The number of aromatic nitrogens is 4. The largest absolute Gasteiger partial charge is 0.442 e. The number of carbonyl (C=O) groups excluding carboxylic acids is 2. The van der Waals surface area contributed by atoms with E-state index in [1.807, 2.05) is 0 Å². The van der Waals surface area contributed by atoms with Crippen LogP contribution < -0.4 is 16.4 Å². The maximum absolute atomic E-state index is 11.9. The lowest BCUT2D eigenvalue weighted by molar-refractivity contribution is -0.120. The molecule has 122 valence electrons. The zero-order chi connectivity index (χ0) is 17.0. The molecule has 0 spiro atoms. The molecule has 0 aromatic carbocycles. The first kappa shape index (κ1) is 16.3. The Hall–Kier alpha value is -3.04. The molecule has 0 saturated carbocycles. The minimum atomic E-state index is -0.848. The van der Waals surface area contributed by atoms with Gasteiger partial charge >= 0.3 is 11.8 Å². The van der Waals surface area contributed by atoms with Crippen molar-refractivity contribution in [1.29, 1.82) is 0 Å².